The van der Waals surface area contributed by atoms with Gasteiger partial charge < -0.3 is 9.84 Å². The molecular weight excluding hydrogens is 152 g/mol. The fourth-order valence-corrected chi connectivity index (χ4v) is 0.892. The Morgan fingerprint density at radius 2 is 2.00 bits per heavy atom. The lowest BCUT2D eigenvalue weighted by Gasteiger charge is -2.00. The second-order valence-electron chi connectivity index (χ2n) is 2.21. The lowest BCUT2D eigenvalue weighted by Crippen LogP contribution is -1.84. The van der Waals surface area contributed by atoms with E-state index in [9.17, 15) is 0 Å². The van der Waals surface area contributed by atoms with Crippen molar-refractivity contribution in [3.63, 3.8) is 0 Å². The maximum Gasteiger partial charge on any atom is 0.119 e. The number of methoxy groups -OCH3 is 1. The van der Waals surface area contributed by atoms with E-state index in [1.165, 1.54) is 5.56 Å². The molecule has 0 saturated carbocycles. The molecule has 1 aromatic rings. The predicted octanol–water partition coefficient (Wildman–Crippen LogP) is 1.87. The molecule has 1 aromatic carbocycles. The van der Waals surface area contributed by atoms with Gasteiger partial charge in [-0.05, 0) is 24.1 Å². The highest BCUT2D eigenvalue weighted by Gasteiger charge is 1.90. The number of rotatable bonds is 2. The summed E-state index contributed by atoms with van der Waals surface area (Å²) in [5.74, 6) is 0.944. The fraction of sp³-hybridized carbons (Fsp3) is 0.400. The summed E-state index contributed by atoms with van der Waals surface area (Å²) in [5.41, 5.74) is 1.32. The van der Waals surface area contributed by atoms with Crippen molar-refractivity contribution < 1.29 is 9.84 Å². The van der Waals surface area contributed by atoms with Gasteiger partial charge in [0.1, 0.15) is 5.75 Å². The Morgan fingerprint density at radius 1 is 1.33 bits per heavy atom. The minimum Gasteiger partial charge on any atom is -0.497 e. The van der Waals surface area contributed by atoms with Crippen molar-refractivity contribution in [3.05, 3.63) is 29.8 Å². The van der Waals surface area contributed by atoms with Gasteiger partial charge in [0, 0.05) is 7.11 Å². The quantitative estimate of drug-likeness (QED) is 0.730. The van der Waals surface area contributed by atoms with E-state index in [-0.39, 0.29) is 0 Å². The van der Waals surface area contributed by atoms with Crippen molar-refractivity contribution >= 4 is 0 Å². The van der Waals surface area contributed by atoms with Crippen molar-refractivity contribution in [2.24, 2.45) is 0 Å². The van der Waals surface area contributed by atoms with Crippen LogP contribution < -0.4 is 4.74 Å². The Morgan fingerprint density at radius 3 is 2.50 bits per heavy atom. The van der Waals surface area contributed by atoms with Gasteiger partial charge in [0.2, 0.25) is 0 Å². The smallest absolute Gasteiger partial charge is 0.119 e. The molecule has 68 valence electrons. The molecule has 0 aliphatic heterocycles. The molecule has 0 amide bonds. The normalized spacial score (nSPS) is 8.33. The first kappa shape index (κ1) is 11.0. The van der Waals surface area contributed by atoms with Gasteiger partial charge >= 0.3 is 0 Å². The third kappa shape index (κ3) is 3.39. The Bertz CT molecular complexity index is 189. The summed E-state index contributed by atoms with van der Waals surface area (Å²) in [5, 5.41) is 7.00. The maximum atomic E-state index is 7.00. The van der Waals surface area contributed by atoms with Gasteiger partial charge in [-0.15, -0.1) is 0 Å². The monoisotopic (exact) mass is 168 g/mol. The fourth-order valence-electron chi connectivity index (χ4n) is 0.892. The molecule has 1 rings (SSSR count). The average molecular weight is 168 g/mol. The van der Waals surface area contributed by atoms with E-state index in [1.807, 2.05) is 12.1 Å². The summed E-state index contributed by atoms with van der Waals surface area (Å²) in [7, 11) is 2.69. The Hall–Kier alpha value is -1.02. The number of benzene rings is 1. The summed E-state index contributed by atoms with van der Waals surface area (Å²) in [6, 6.07) is 8.12. The Labute approximate surface area is 73.8 Å². The van der Waals surface area contributed by atoms with Gasteiger partial charge in [-0.1, -0.05) is 19.1 Å². The number of aliphatic hydroxyl groups excluding tert-OH is 1. The first-order valence-electron chi connectivity index (χ1n) is 3.94. The van der Waals surface area contributed by atoms with Crippen LogP contribution >= 0.6 is 0 Å². The van der Waals surface area contributed by atoms with Crippen molar-refractivity contribution in [1.82, 2.24) is 0 Å². The van der Waals surface area contributed by atoms with E-state index in [2.05, 4.69) is 19.1 Å². The standard InChI is InChI=1S/C9H12O.CH4O/c1-3-8-5-4-6-9(7-8)10-2;1-2/h4-7H,3H2,1-2H3;2H,1H3. The Balaban J connectivity index is 0.000000561. The van der Waals surface area contributed by atoms with Crippen molar-refractivity contribution in [3.8, 4) is 5.75 Å². The van der Waals surface area contributed by atoms with E-state index in [0.717, 1.165) is 19.3 Å². The van der Waals surface area contributed by atoms with Gasteiger partial charge in [-0.2, -0.15) is 0 Å². The molecule has 0 saturated heterocycles. The zero-order chi connectivity index (χ0) is 9.40. The van der Waals surface area contributed by atoms with Gasteiger partial charge in [-0.3, -0.25) is 0 Å². The van der Waals surface area contributed by atoms with E-state index in [4.69, 9.17) is 9.84 Å². The van der Waals surface area contributed by atoms with Gasteiger partial charge in [0.15, 0.2) is 0 Å². The van der Waals surface area contributed by atoms with Crippen LogP contribution in [0.2, 0.25) is 0 Å². The van der Waals surface area contributed by atoms with Crippen LogP contribution in [-0.2, 0) is 6.42 Å². The molecule has 0 aromatic heterocycles. The molecule has 1 N–H and O–H groups in total. The van der Waals surface area contributed by atoms with Gasteiger partial charge in [-0.25, -0.2) is 0 Å². The molecule has 0 bridgehead atoms. The summed E-state index contributed by atoms with van der Waals surface area (Å²) in [4.78, 5) is 0. The third-order valence-corrected chi connectivity index (χ3v) is 1.54. The van der Waals surface area contributed by atoms with Crippen LogP contribution in [0, 0.1) is 0 Å². The largest absolute Gasteiger partial charge is 0.497 e. The highest BCUT2D eigenvalue weighted by molar-refractivity contribution is 5.28. The summed E-state index contributed by atoms with van der Waals surface area (Å²) in [6.07, 6.45) is 1.07. The zero-order valence-electron chi connectivity index (χ0n) is 7.87. The minimum absolute atomic E-state index is 0.944. The van der Waals surface area contributed by atoms with Gasteiger partial charge in [0.05, 0.1) is 7.11 Å². The molecule has 12 heavy (non-hydrogen) atoms. The molecule has 0 atom stereocenters. The highest BCUT2D eigenvalue weighted by Crippen LogP contribution is 2.12. The zero-order valence-corrected chi connectivity index (χ0v) is 7.87. The maximum absolute atomic E-state index is 7.00. The second kappa shape index (κ2) is 6.68. The van der Waals surface area contributed by atoms with Crippen molar-refractivity contribution in [2.45, 2.75) is 13.3 Å². The molecule has 0 heterocycles. The molecule has 0 aliphatic carbocycles. The topological polar surface area (TPSA) is 29.5 Å². The van der Waals surface area contributed by atoms with Crippen LogP contribution in [0.4, 0.5) is 0 Å². The minimum atomic E-state index is 0.944. The van der Waals surface area contributed by atoms with Crippen molar-refractivity contribution in [1.29, 1.82) is 0 Å². The van der Waals surface area contributed by atoms with Crippen LogP contribution in [0.1, 0.15) is 12.5 Å². The van der Waals surface area contributed by atoms with Crippen LogP contribution in [0.3, 0.4) is 0 Å². The van der Waals surface area contributed by atoms with Crippen LogP contribution in [-0.4, -0.2) is 19.3 Å². The van der Waals surface area contributed by atoms with Crippen LogP contribution in [0.15, 0.2) is 24.3 Å². The number of ether oxygens (including phenoxy) is 1. The first-order valence-corrected chi connectivity index (χ1v) is 3.94. The molecule has 2 heteroatoms. The molecule has 0 unspecified atom stereocenters. The average Bonchev–Trinajstić information content (AvgIpc) is 2.21. The second-order valence-corrected chi connectivity index (χ2v) is 2.21. The van der Waals surface area contributed by atoms with E-state index >= 15 is 0 Å². The third-order valence-electron chi connectivity index (χ3n) is 1.54. The number of hydrogen-bond donors (Lipinski definition) is 1. The first-order chi connectivity index (χ1) is 5.86. The summed E-state index contributed by atoms with van der Waals surface area (Å²) >= 11 is 0. The van der Waals surface area contributed by atoms with Crippen LogP contribution in [0.5, 0.6) is 5.75 Å². The number of aryl methyl sites for hydroxylation is 1. The molecule has 2 nitrogen and oxygen atoms in total. The lowest BCUT2D eigenvalue weighted by molar-refractivity contribution is 0.399. The summed E-state index contributed by atoms with van der Waals surface area (Å²) < 4.78 is 5.06. The number of aliphatic hydroxyl groups is 1. The molecular formula is C10H16O2. The molecule has 0 aliphatic rings. The number of hydrogen-bond acceptors (Lipinski definition) is 2. The van der Waals surface area contributed by atoms with E-state index in [0.29, 0.717) is 0 Å². The molecule has 0 fully saturated rings. The Kier molecular flexibility index (Phi) is 6.11. The van der Waals surface area contributed by atoms with Gasteiger partial charge in [0.25, 0.3) is 0 Å². The van der Waals surface area contributed by atoms with E-state index < -0.39 is 0 Å². The molecule has 0 spiro atoms. The van der Waals surface area contributed by atoms with E-state index in [1.54, 1.807) is 7.11 Å². The summed E-state index contributed by atoms with van der Waals surface area (Å²) in [6.45, 7) is 2.13. The predicted molar refractivity (Wildman–Crippen MR) is 50.5 cm³/mol. The van der Waals surface area contributed by atoms with Crippen LogP contribution in [0.25, 0.3) is 0 Å². The van der Waals surface area contributed by atoms with Crippen molar-refractivity contribution in [2.75, 3.05) is 14.2 Å². The lowest BCUT2D eigenvalue weighted by atomic mass is 10.2. The SMILES string of the molecule is CCc1cccc(OC)c1.CO. The molecule has 0 radical (unpaired) electrons. The highest BCUT2D eigenvalue weighted by atomic mass is 16.5.